The van der Waals surface area contributed by atoms with Gasteiger partial charge in [-0.25, -0.2) is 13.2 Å². The molecule has 2 aromatic rings. The van der Waals surface area contributed by atoms with Gasteiger partial charge in [0.1, 0.15) is 10.9 Å². The van der Waals surface area contributed by atoms with Gasteiger partial charge in [0, 0.05) is 30.8 Å². The second kappa shape index (κ2) is 8.61. The van der Waals surface area contributed by atoms with Gasteiger partial charge in [0.15, 0.2) is 0 Å². The first kappa shape index (κ1) is 21.8. The number of piperidine rings is 1. The van der Waals surface area contributed by atoms with Crippen LogP contribution in [0.15, 0.2) is 47.4 Å². The zero-order valence-corrected chi connectivity index (χ0v) is 18.7. The summed E-state index contributed by atoms with van der Waals surface area (Å²) in [6, 6.07) is 10.6. The number of halogens is 1. The number of para-hydroxylation sites is 1. The molecule has 0 N–H and O–H groups in total. The molecule has 2 aliphatic rings. The van der Waals surface area contributed by atoms with Crippen molar-refractivity contribution in [1.29, 1.82) is 0 Å². The number of esters is 1. The molecule has 1 unspecified atom stereocenters. The van der Waals surface area contributed by atoms with Gasteiger partial charge in [-0.15, -0.1) is 0 Å². The number of benzene rings is 2. The number of fused-ring (bicyclic) bond motifs is 1. The fourth-order valence-electron chi connectivity index (χ4n) is 4.18. The summed E-state index contributed by atoms with van der Waals surface area (Å²) in [5, 5.41) is 0.0634. The fraction of sp³-hybridized carbons (Fsp3) is 0.364. The molecule has 1 atom stereocenters. The molecule has 2 aromatic carbocycles. The van der Waals surface area contributed by atoms with E-state index in [1.165, 1.54) is 34.5 Å². The van der Waals surface area contributed by atoms with Crippen LogP contribution in [0.1, 0.15) is 35.2 Å². The molecule has 0 saturated carbocycles. The number of ether oxygens (including phenoxy) is 1. The lowest BCUT2D eigenvalue weighted by atomic mass is 10.1. The van der Waals surface area contributed by atoms with E-state index in [0.717, 1.165) is 24.8 Å². The Labute approximate surface area is 186 Å². The maximum atomic E-state index is 13.5. The Bertz CT molecular complexity index is 1130. The maximum absolute atomic E-state index is 13.5. The molecular formula is C22H23ClN2O5S. The van der Waals surface area contributed by atoms with Gasteiger partial charge in [-0.3, -0.25) is 9.69 Å². The van der Waals surface area contributed by atoms with E-state index in [9.17, 15) is 18.0 Å². The van der Waals surface area contributed by atoms with Crippen molar-refractivity contribution in [2.75, 3.05) is 25.1 Å². The number of carbonyl (C=O) groups excluding carboxylic acids is 2. The lowest BCUT2D eigenvalue weighted by molar-refractivity contribution is -0.141. The highest BCUT2D eigenvalue weighted by Gasteiger charge is 2.40. The quantitative estimate of drug-likeness (QED) is 0.651. The Balaban J connectivity index is 1.73. The summed E-state index contributed by atoms with van der Waals surface area (Å²) in [5.74, 6) is -1.01. The molecule has 1 saturated heterocycles. The molecule has 1 fully saturated rings. The van der Waals surface area contributed by atoms with Crippen molar-refractivity contribution in [3.05, 3.63) is 58.6 Å². The highest BCUT2D eigenvalue weighted by molar-refractivity contribution is 7.89. The standard InChI is InChI=1S/C22H23ClN2O5S/c1-30-22(27)19-13-15-7-3-4-8-18(15)25(19)21(26)16-9-10-17(23)20(14-16)31(28,29)24-11-5-2-6-12-24/h3-4,7-10,14,19H,2,5-6,11-13H2,1H3. The molecular weight excluding hydrogens is 440 g/mol. The van der Waals surface area contributed by atoms with Gasteiger partial charge in [-0.05, 0) is 42.7 Å². The summed E-state index contributed by atoms with van der Waals surface area (Å²) >= 11 is 6.24. The lowest BCUT2D eigenvalue weighted by Gasteiger charge is -2.27. The molecule has 0 aromatic heterocycles. The second-order valence-corrected chi connectivity index (χ2v) is 9.97. The second-order valence-electron chi connectivity index (χ2n) is 7.66. The number of methoxy groups -OCH3 is 1. The van der Waals surface area contributed by atoms with Crippen LogP contribution in [0.5, 0.6) is 0 Å². The van der Waals surface area contributed by atoms with Crippen LogP contribution in [-0.4, -0.2) is 50.8 Å². The Kier molecular flexibility index (Phi) is 6.05. The first-order chi connectivity index (χ1) is 14.8. The molecule has 2 aliphatic heterocycles. The maximum Gasteiger partial charge on any atom is 0.329 e. The molecule has 9 heteroatoms. The van der Waals surface area contributed by atoms with E-state index < -0.39 is 27.9 Å². The van der Waals surface area contributed by atoms with Crippen molar-refractivity contribution in [2.24, 2.45) is 0 Å². The number of hydrogen-bond donors (Lipinski definition) is 0. The van der Waals surface area contributed by atoms with E-state index in [1.807, 2.05) is 12.1 Å². The van der Waals surface area contributed by atoms with E-state index in [2.05, 4.69) is 0 Å². The van der Waals surface area contributed by atoms with Crippen LogP contribution in [0.4, 0.5) is 5.69 Å². The molecule has 4 rings (SSSR count). The first-order valence-corrected chi connectivity index (χ1v) is 12.0. The molecule has 0 bridgehead atoms. The van der Waals surface area contributed by atoms with E-state index in [-0.39, 0.29) is 15.5 Å². The van der Waals surface area contributed by atoms with E-state index in [0.29, 0.717) is 25.2 Å². The van der Waals surface area contributed by atoms with Crippen LogP contribution in [0, 0.1) is 0 Å². The van der Waals surface area contributed by atoms with Crippen LogP contribution in [0.2, 0.25) is 5.02 Å². The van der Waals surface area contributed by atoms with Crippen molar-refractivity contribution in [1.82, 2.24) is 4.31 Å². The van der Waals surface area contributed by atoms with Gasteiger partial charge in [0.25, 0.3) is 5.91 Å². The molecule has 0 aliphatic carbocycles. The molecule has 0 radical (unpaired) electrons. The SMILES string of the molecule is COC(=O)C1Cc2ccccc2N1C(=O)c1ccc(Cl)c(S(=O)(=O)N2CCCCC2)c1. The molecule has 1 amide bonds. The Hall–Kier alpha value is -2.42. The average Bonchev–Trinajstić information content (AvgIpc) is 3.18. The van der Waals surface area contributed by atoms with E-state index in [4.69, 9.17) is 16.3 Å². The van der Waals surface area contributed by atoms with Crippen LogP contribution in [-0.2, 0) is 26.0 Å². The van der Waals surface area contributed by atoms with Crippen molar-refractivity contribution >= 4 is 39.2 Å². The topological polar surface area (TPSA) is 84.0 Å². The van der Waals surface area contributed by atoms with Crippen molar-refractivity contribution in [2.45, 2.75) is 36.6 Å². The van der Waals surface area contributed by atoms with Gasteiger partial charge in [-0.2, -0.15) is 4.31 Å². The Morgan fingerprint density at radius 2 is 1.77 bits per heavy atom. The van der Waals surface area contributed by atoms with Gasteiger partial charge >= 0.3 is 5.97 Å². The third-order valence-corrected chi connectivity index (χ3v) is 8.16. The third-order valence-electron chi connectivity index (χ3n) is 5.78. The summed E-state index contributed by atoms with van der Waals surface area (Å²) < 4.78 is 32.6. The summed E-state index contributed by atoms with van der Waals surface area (Å²) in [6.45, 7) is 0.863. The molecule has 164 valence electrons. The number of sulfonamides is 1. The Morgan fingerprint density at radius 1 is 1.06 bits per heavy atom. The third kappa shape index (κ3) is 3.95. The fourth-order valence-corrected chi connectivity index (χ4v) is 6.20. The van der Waals surface area contributed by atoms with Crippen LogP contribution >= 0.6 is 11.6 Å². The van der Waals surface area contributed by atoms with Gasteiger partial charge < -0.3 is 4.74 Å². The van der Waals surface area contributed by atoms with Crippen LogP contribution in [0.3, 0.4) is 0 Å². The molecule has 7 nitrogen and oxygen atoms in total. The Morgan fingerprint density at radius 3 is 2.48 bits per heavy atom. The molecule has 0 spiro atoms. The number of amides is 1. The van der Waals surface area contributed by atoms with Gasteiger partial charge in [0.2, 0.25) is 10.0 Å². The van der Waals surface area contributed by atoms with Crippen molar-refractivity contribution < 1.29 is 22.7 Å². The summed E-state index contributed by atoms with van der Waals surface area (Å²) in [4.78, 5) is 27.1. The predicted molar refractivity (Wildman–Crippen MR) is 117 cm³/mol. The number of carbonyl (C=O) groups is 2. The largest absolute Gasteiger partial charge is 0.467 e. The first-order valence-electron chi connectivity index (χ1n) is 10.1. The van der Waals surface area contributed by atoms with Crippen molar-refractivity contribution in [3.63, 3.8) is 0 Å². The number of anilines is 1. The zero-order chi connectivity index (χ0) is 22.2. The minimum atomic E-state index is -3.83. The van der Waals surface area contributed by atoms with Crippen LogP contribution < -0.4 is 4.90 Å². The zero-order valence-electron chi connectivity index (χ0n) is 17.1. The van der Waals surface area contributed by atoms with Gasteiger partial charge in [-0.1, -0.05) is 36.2 Å². The summed E-state index contributed by atoms with van der Waals surface area (Å²) in [7, 11) is -2.55. The smallest absolute Gasteiger partial charge is 0.329 e. The number of hydrogen-bond acceptors (Lipinski definition) is 5. The monoisotopic (exact) mass is 462 g/mol. The van der Waals surface area contributed by atoms with Crippen LogP contribution in [0.25, 0.3) is 0 Å². The minimum absolute atomic E-state index is 0.0634. The lowest BCUT2D eigenvalue weighted by Crippen LogP contribution is -2.43. The normalized spacial score (nSPS) is 19.2. The number of nitrogens with zero attached hydrogens (tertiary/aromatic N) is 2. The minimum Gasteiger partial charge on any atom is -0.467 e. The highest BCUT2D eigenvalue weighted by Crippen LogP contribution is 2.35. The van der Waals surface area contributed by atoms with Gasteiger partial charge in [0.05, 0.1) is 12.1 Å². The average molecular weight is 463 g/mol. The van der Waals surface area contributed by atoms with E-state index >= 15 is 0 Å². The summed E-state index contributed by atoms with van der Waals surface area (Å²) in [5.41, 5.74) is 1.60. The predicted octanol–water partition coefficient (Wildman–Crippen LogP) is 3.26. The van der Waals surface area contributed by atoms with E-state index in [1.54, 1.807) is 12.1 Å². The number of rotatable bonds is 4. The summed E-state index contributed by atoms with van der Waals surface area (Å²) in [6.07, 6.45) is 2.91. The molecule has 31 heavy (non-hydrogen) atoms. The molecule has 2 heterocycles. The highest BCUT2D eigenvalue weighted by atomic mass is 35.5. The van der Waals surface area contributed by atoms with Crippen molar-refractivity contribution in [3.8, 4) is 0 Å².